The summed E-state index contributed by atoms with van der Waals surface area (Å²) in [5, 5.41) is 6.56. The number of hydrogen-bond acceptors (Lipinski definition) is 5. The third kappa shape index (κ3) is 4.22. The van der Waals surface area contributed by atoms with Gasteiger partial charge in [-0.3, -0.25) is 4.79 Å². The van der Waals surface area contributed by atoms with E-state index in [2.05, 4.69) is 10.5 Å². The van der Waals surface area contributed by atoms with E-state index in [4.69, 9.17) is 9.25 Å². The molecule has 0 atom stereocenters. The number of benzene rings is 2. The molecule has 3 rings (SSSR count). The van der Waals surface area contributed by atoms with Crippen LogP contribution in [0.25, 0.3) is 11.0 Å². The van der Waals surface area contributed by atoms with Gasteiger partial charge < -0.3 is 14.6 Å². The van der Waals surface area contributed by atoms with E-state index in [9.17, 15) is 18.4 Å². The Kier molecular flexibility index (Phi) is 5.49. The fourth-order valence-corrected chi connectivity index (χ4v) is 2.27. The number of carbonyl (C=O) groups excluding carboxylic acids is 2. The van der Waals surface area contributed by atoms with Crippen molar-refractivity contribution in [2.75, 3.05) is 5.32 Å². The van der Waals surface area contributed by atoms with E-state index in [0.717, 1.165) is 12.1 Å². The number of amides is 1. The molecular weight excluding hydrogens is 370 g/mol. The number of halogens is 2. The maximum absolute atomic E-state index is 13.9. The van der Waals surface area contributed by atoms with Crippen molar-refractivity contribution >= 4 is 28.5 Å². The van der Waals surface area contributed by atoms with Gasteiger partial charge in [-0.25, -0.2) is 13.6 Å². The summed E-state index contributed by atoms with van der Waals surface area (Å²) in [6, 6.07) is 11.1. The topological polar surface area (TPSA) is 80.9 Å². The van der Waals surface area contributed by atoms with Crippen LogP contribution in [0.15, 0.2) is 58.1 Å². The lowest BCUT2D eigenvalue weighted by Crippen LogP contribution is -2.23. The summed E-state index contributed by atoms with van der Waals surface area (Å²) in [6.45, 7) is 3.25. The highest BCUT2D eigenvalue weighted by atomic mass is 19.1. The Morgan fingerprint density at radius 1 is 1.11 bits per heavy atom. The van der Waals surface area contributed by atoms with Crippen LogP contribution in [-0.2, 0) is 9.63 Å². The van der Waals surface area contributed by atoms with Gasteiger partial charge in [0.05, 0.1) is 11.6 Å². The summed E-state index contributed by atoms with van der Waals surface area (Å²) in [5.41, 5.74) is -0.150. The molecule has 0 aliphatic rings. The van der Waals surface area contributed by atoms with E-state index >= 15 is 0 Å². The average molecular weight is 386 g/mol. The number of rotatable bonds is 4. The maximum atomic E-state index is 13.9. The summed E-state index contributed by atoms with van der Waals surface area (Å²) in [6.07, 6.45) is 0. The van der Waals surface area contributed by atoms with E-state index in [1.165, 1.54) is 6.07 Å². The second kappa shape index (κ2) is 7.99. The molecule has 0 spiro atoms. The van der Waals surface area contributed by atoms with Crippen LogP contribution in [0, 0.1) is 17.6 Å². The van der Waals surface area contributed by atoms with Crippen molar-refractivity contribution in [3.63, 3.8) is 0 Å². The van der Waals surface area contributed by atoms with Crippen molar-refractivity contribution in [1.29, 1.82) is 0 Å². The van der Waals surface area contributed by atoms with Gasteiger partial charge in [-0.1, -0.05) is 32.0 Å². The van der Waals surface area contributed by atoms with E-state index in [1.807, 2.05) is 0 Å². The largest absolute Gasteiger partial charge is 0.435 e. The summed E-state index contributed by atoms with van der Waals surface area (Å²) < 4.78 is 32.5. The second-order valence-electron chi connectivity index (χ2n) is 6.24. The lowest BCUT2D eigenvalue weighted by atomic mass is 10.1. The van der Waals surface area contributed by atoms with Crippen LogP contribution in [-0.4, -0.2) is 11.9 Å². The molecule has 0 radical (unpaired) electrons. The van der Waals surface area contributed by atoms with Crippen LogP contribution >= 0.6 is 0 Å². The number of hydrogen-bond donors (Lipinski definition) is 1. The van der Waals surface area contributed by atoms with E-state index in [1.54, 1.807) is 38.1 Å². The van der Waals surface area contributed by atoms with Gasteiger partial charge in [0.1, 0.15) is 22.8 Å². The third-order valence-electron chi connectivity index (χ3n) is 3.77. The van der Waals surface area contributed by atoms with E-state index in [-0.39, 0.29) is 16.8 Å². The van der Waals surface area contributed by atoms with Gasteiger partial charge in [-0.05, 0) is 29.4 Å². The first-order valence-corrected chi connectivity index (χ1v) is 8.39. The first kappa shape index (κ1) is 19.2. The molecule has 0 bridgehead atoms. The Bertz CT molecular complexity index is 1120. The number of anilines is 1. The van der Waals surface area contributed by atoms with Crippen molar-refractivity contribution in [2.24, 2.45) is 11.1 Å². The third-order valence-corrected chi connectivity index (χ3v) is 3.77. The van der Waals surface area contributed by atoms with Crippen molar-refractivity contribution < 1.29 is 27.6 Å². The quantitative estimate of drug-likeness (QED) is 0.543. The van der Waals surface area contributed by atoms with Gasteiger partial charge in [0, 0.05) is 11.5 Å². The van der Waals surface area contributed by atoms with Gasteiger partial charge in [0.15, 0.2) is 0 Å². The highest BCUT2D eigenvalue weighted by molar-refractivity contribution is 6.05. The number of carbonyl (C=O) groups is 2. The van der Waals surface area contributed by atoms with E-state index in [0.29, 0.717) is 17.0 Å². The van der Waals surface area contributed by atoms with Crippen LogP contribution in [0.2, 0.25) is 0 Å². The lowest BCUT2D eigenvalue weighted by molar-refractivity contribution is -0.148. The molecule has 0 fully saturated rings. The Morgan fingerprint density at radius 2 is 1.86 bits per heavy atom. The van der Waals surface area contributed by atoms with Crippen LogP contribution in [0.3, 0.4) is 0 Å². The molecule has 28 heavy (non-hydrogen) atoms. The molecule has 6 nitrogen and oxygen atoms in total. The van der Waals surface area contributed by atoms with Crippen LogP contribution < -0.4 is 10.9 Å². The normalized spacial score (nSPS) is 11.7. The molecule has 0 aliphatic heterocycles. The van der Waals surface area contributed by atoms with Gasteiger partial charge in [-0.15, -0.1) is 0 Å². The Hall–Kier alpha value is -3.55. The predicted molar refractivity (Wildman–Crippen MR) is 97.0 cm³/mol. The molecule has 0 aliphatic carbocycles. The molecule has 0 saturated carbocycles. The first-order valence-electron chi connectivity index (χ1n) is 8.39. The van der Waals surface area contributed by atoms with Crippen molar-refractivity contribution in [1.82, 2.24) is 0 Å². The summed E-state index contributed by atoms with van der Waals surface area (Å²) >= 11 is 0. The van der Waals surface area contributed by atoms with Gasteiger partial charge in [-0.2, -0.15) is 0 Å². The number of nitrogens with zero attached hydrogens (tertiary/aromatic N) is 1. The molecule has 144 valence electrons. The number of para-hydroxylation sites is 1. The van der Waals surface area contributed by atoms with Crippen LogP contribution in [0.5, 0.6) is 0 Å². The highest BCUT2D eigenvalue weighted by Crippen LogP contribution is 2.17. The van der Waals surface area contributed by atoms with Crippen molar-refractivity contribution in [3.8, 4) is 0 Å². The molecule has 3 aromatic rings. The van der Waals surface area contributed by atoms with E-state index < -0.39 is 29.4 Å². The smallest absolute Gasteiger partial charge is 0.337 e. The Labute approximate surface area is 158 Å². The zero-order valence-corrected chi connectivity index (χ0v) is 15.0. The zero-order valence-electron chi connectivity index (χ0n) is 15.0. The predicted octanol–water partition coefficient (Wildman–Crippen LogP) is 3.98. The second-order valence-corrected chi connectivity index (χ2v) is 6.24. The Balaban J connectivity index is 2.04. The van der Waals surface area contributed by atoms with Crippen molar-refractivity contribution in [3.05, 3.63) is 71.3 Å². The fourth-order valence-electron chi connectivity index (χ4n) is 2.27. The number of fused-ring (bicyclic) bond motifs is 1. The molecule has 1 amide bonds. The molecule has 1 heterocycles. The van der Waals surface area contributed by atoms with Gasteiger partial charge >= 0.3 is 5.97 Å². The van der Waals surface area contributed by atoms with Crippen molar-refractivity contribution in [2.45, 2.75) is 13.8 Å². The molecule has 2 aromatic carbocycles. The molecule has 0 unspecified atom stereocenters. The minimum Gasteiger partial charge on any atom is -0.435 e. The average Bonchev–Trinajstić information content (AvgIpc) is 2.67. The van der Waals surface area contributed by atoms with Gasteiger partial charge in [0.25, 0.3) is 11.5 Å². The molecule has 0 saturated heterocycles. The number of nitrogens with one attached hydrogen (secondary N) is 1. The monoisotopic (exact) mass is 386 g/mol. The molecular formula is C20H16F2N2O4. The lowest BCUT2D eigenvalue weighted by Gasteiger charge is -2.08. The van der Waals surface area contributed by atoms with Gasteiger partial charge in [0.2, 0.25) is 0 Å². The summed E-state index contributed by atoms with van der Waals surface area (Å²) in [7, 11) is 0. The molecule has 1 aromatic heterocycles. The summed E-state index contributed by atoms with van der Waals surface area (Å²) in [4.78, 5) is 29.2. The van der Waals surface area contributed by atoms with Crippen LogP contribution in [0.4, 0.5) is 14.5 Å². The SMILES string of the molecule is CC(C)C(=O)O/N=c1\oc2ccccc2cc1C(=O)Nc1ccc(F)cc1F. The first-order chi connectivity index (χ1) is 13.3. The zero-order chi connectivity index (χ0) is 20.3. The maximum Gasteiger partial charge on any atom is 0.337 e. The fraction of sp³-hybridized carbons (Fsp3) is 0.150. The van der Waals surface area contributed by atoms with Crippen LogP contribution in [0.1, 0.15) is 24.2 Å². The minimum absolute atomic E-state index is 0.0843. The summed E-state index contributed by atoms with van der Waals surface area (Å²) in [5.74, 6) is -3.52. The highest BCUT2D eigenvalue weighted by Gasteiger charge is 2.16. The molecule has 1 N–H and O–H groups in total. The Morgan fingerprint density at radius 3 is 2.57 bits per heavy atom. The minimum atomic E-state index is -0.934. The standard InChI is InChI=1S/C20H16F2N2O4/c1-11(2)20(26)28-24-19-14(9-12-5-3-4-6-17(12)27-19)18(25)23-16-8-7-13(21)10-15(16)22/h3-11H,1-2H3,(H,23,25)/b24-19-. The molecule has 8 heteroatoms.